The Morgan fingerprint density at radius 1 is 1.32 bits per heavy atom. The number of aliphatic imine (C=N–C) groups is 1. The van der Waals surface area contributed by atoms with Crippen LogP contribution in [0.1, 0.15) is 40.0 Å². The number of hydrogen-bond acceptors (Lipinski definition) is 4. The van der Waals surface area contributed by atoms with Crippen LogP contribution in [0.5, 0.6) is 0 Å². The molecule has 1 fully saturated rings. The van der Waals surface area contributed by atoms with Gasteiger partial charge in [-0.25, -0.2) is 12.7 Å². The first-order valence-electron chi connectivity index (χ1n) is 9.10. The number of sulfonamides is 1. The Hall–Kier alpha value is -0.130. The molecule has 0 aromatic carbocycles. The van der Waals surface area contributed by atoms with Crippen LogP contribution in [0.3, 0.4) is 0 Å². The van der Waals surface area contributed by atoms with Gasteiger partial charge in [0.2, 0.25) is 10.0 Å². The summed E-state index contributed by atoms with van der Waals surface area (Å²) in [5.74, 6) is 1.02. The maximum Gasteiger partial charge on any atom is 0.214 e. The summed E-state index contributed by atoms with van der Waals surface area (Å²) in [4.78, 5) is 6.65. The molecule has 0 aromatic heterocycles. The maximum absolute atomic E-state index is 11.8. The normalized spacial score (nSPS) is 18.8. The number of rotatable bonds is 10. The third kappa shape index (κ3) is 9.39. The van der Waals surface area contributed by atoms with E-state index in [1.165, 1.54) is 0 Å². The van der Waals surface area contributed by atoms with Gasteiger partial charge in [0.15, 0.2) is 5.96 Å². The lowest BCUT2D eigenvalue weighted by Gasteiger charge is -2.21. The van der Waals surface area contributed by atoms with E-state index in [2.05, 4.69) is 41.3 Å². The number of nitrogens with one attached hydrogen (secondary N) is 2. The minimum absolute atomic E-state index is 0. The van der Waals surface area contributed by atoms with Gasteiger partial charge in [0.25, 0.3) is 0 Å². The highest BCUT2D eigenvalue weighted by Crippen LogP contribution is 2.11. The third-order valence-corrected chi connectivity index (χ3v) is 6.43. The van der Waals surface area contributed by atoms with Crippen molar-refractivity contribution in [3.05, 3.63) is 0 Å². The third-order valence-electron chi connectivity index (χ3n) is 4.47. The summed E-state index contributed by atoms with van der Waals surface area (Å²) in [5, 5.41) is 6.58. The molecule has 1 atom stereocenters. The Bertz CT molecular complexity index is 483. The topological polar surface area (TPSA) is 77.0 Å². The lowest BCUT2D eigenvalue weighted by atomic mass is 10.2. The Kier molecular flexibility index (Phi) is 13.0. The van der Waals surface area contributed by atoms with Crippen LogP contribution >= 0.6 is 24.0 Å². The van der Waals surface area contributed by atoms with Gasteiger partial charge in [-0.05, 0) is 45.8 Å². The molecule has 9 heteroatoms. The summed E-state index contributed by atoms with van der Waals surface area (Å²) < 4.78 is 25.1. The Balaban J connectivity index is 0.00000576. The van der Waals surface area contributed by atoms with E-state index in [1.54, 1.807) is 11.4 Å². The molecule has 7 nitrogen and oxygen atoms in total. The summed E-state index contributed by atoms with van der Waals surface area (Å²) in [6.45, 7) is 11.6. The van der Waals surface area contributed by atoms with Crippen molar-refractivity contribution in [1.82, 2.24) is 19.8 Å². The zero-order chi connectivity index (χ0) is 18.0. The second-order valence-electron chi connectivity index (χ2n) is 6.28. The highest BCUT2D eigenvalue weighted by molar-refractivity contribution is 14.0. The highest BCUT2D eigenvalue weighted by Gasteiger charge is 2.27. The predicted molar refractivity (Wildman–Crippen MR) is 116 cm³/mol. The highest BCUT2D eigenvalue weighted by atomic mass is 127. The van der Waals surface area contributed by atoms with Crippen LogP contribution in [-0.2, 0) is 10.0 Å². The zero-order valence-corrected chi connectivity index (χ0v) is 19.3. The van der Waals surface area contributed by atoms with Crippen LogP contribution < -0.4 is 10.6 Å². The first-order chi connectivity index (χ1) is 11.4. The predicted octanol–water partition coefficient (Wildman–Crippen LogP) is 1.32. The van der Waals surface area contributed by atoms with Gasteiger partial charge in [0.1, 0.15) is 0 Å². The summed E-state index contributed by atoms with van der Waals surface area (Å²) in [6, 6.07) is 0.335. The fourth-order valence-electron chi connectivity index (χ4n) is 2.90. The molecule has 0 saturated carbocycles. The van der Waals surface area contributed by atoms with Crippen LogP contribution in [0.15, 0.2) is 4.99 Å². The van der Waals surface area contributed by atoms with Gasteiger partial charge in [-0.2, -0.15) is 0 Å². The van der Waals surface area contributed by atoms with Crippen molar-refractivity contribution in [2.45, 2.75) is 46.1 Å². The quantitative estimate of drug-likeness (QED) is 0.275. The largest absolute Gasteiger partial charge is 0.355 e. The van der Waals surface area contributed by atoms with Crippen LogP contribution in [0.25, 0.3) is 0 Å². The molecule has 25 heavy (non-hydrogen) atoms. The molecular weight excluding hydrogens is 453 g/mol. The molecule has 0 spiro atoms. The van der Waals surface area contributed by atoms with E-state index in [0.717, 1.165) is 44.9 Å². The van der Waals surface area contributed by atoms with Gasteiger partial charge >= 0.3 is 0 Å². The summed E-state index contributed by atoms with van der Waals surface area (Å²) in [5.41, 5.74) is 0. The fourth-order valence-corrected chi connectivity index (χ4v) is 4.43. The van der Waals surface area contributed by atoms with Crippen molar-refractivity contribution < 1.29 is 8.42 Å². The number of guanidine groups is 1. The molecule has 0 aromatic rings. The maximum atomic E-state index is 11.8. The molecule has 1 aliphatic rings. The van der Waals surface area contributed by atoms with Crippen LogP contribution in [0.2, 0.25) is 0 Å². The molecule has 2 N–H and O–H groups in total. The van der Waals surface area contributed by atoms with E-state index in [0.29, 0.717) is 25.7 Å². The minimum Gasteiger partial charge on any atom is -0.355 e. The van der Waals surface area contributed by atoms with E-state index in [4.69, 9.17) is 0 Å². The lowest BCUT2D eigenvalue weighted by Crippen LogP contribution is -2.45. The monoisotopic (exact) mass is 489 g/mol. The molecule has 1 unspecified atom stereocenters. The molecule has 1 aliphatic heterocycles. The first-order valence-corrected chi connectivity index (χ1v) is 10.7. The number of hydrogen-bond donors (Lipinski definition) is 2. The Morgan fingerprint density at radius 2 is 2.00 bits per heavy atom. The SMILES string of the molecule is CCN(CC)CCCC(C)NC(=NC)NCCN1CCCS1(=O)=O.I. The molecule has 0 aliphatic carbocycles. The smallest absolute Gasteiger partial charge is 0.214 e. The standard InChI is InChI=1S/C16H35N5O2S.HI/c1-5-20(6-2)11-7-9-15(3)19-16(17-4)18-10-13-21-12-8-14-24(21,22)23;/h15H,5-14H2,1-4H3,(H2,17,18,19);1H. The second-order valence-corrected chi connectivity index (χ2v) is 8.37. The van der Waals surface area contributed by atoms with Crippen LogP contribution in [0.4, 0.5) is 0 Å². The Morgan fingerprint density at radius 3 is 2.52 bits per heavy atom. The van der Waals surface area contributed by atoms with E-state index in [1.807, 2.05) is 0 Å². The van der Waals surface area contributed by atoms with Gasteiger partial charge < -0.3 is 15.5 Å². The number of nitrogens with zero attached hydrogens (tertiary/aromatic N) is 3. The van der Waals surface area contributed by atoms with Gasteiger partial charge in [-0.1, -0.05) is 13.8 Å². The molecule has 0 amide bonds. The van der Waals surface area contributed by atoms with Crippen molar-refractivity contribution in [3.63, 3.8) is 0 Å². The first kappa shape index (κ1) is 24.9. The fraction of sp³-hybridized carbons (Fsp3) is 0.938. The second kappa shape index (κ2) is 13.1. The average Bonchev–Trinajstić information content (AvgIpc) is 2.89. The summed E-state index contributed by atoms with van der Waals surface area (Å²) in [7, 11) is -1.27. The van der Waals surface area contributed by atoms with E-state index < -0.39 is 10.0 Å². The van der Waals surface area contributed by atoms with Crippen molar-refractivity contribution in [3.8, 4) is 0 Å². The molecule has 150 valence electrons. The lowest BCUT2D eigenvalue weighted by molar-refractivity contribution is 0.292. The van der Waals surface area contributed by atoms with Gasteiger partial charge in [-0.3, -0.25) is 4.99 Å². The summed E-state index contributed by atoms with van der Waals surface area (Å²) in [6.07, 6.45) is 2.97. The van der Waals surface area contributed by atoms with Crippen molar-refractivity contribution in [1.29, 1.82) is 0 Å². The molecule has 1 heterocycles. The molecule has 1 saturated heterocycles. The number of halogens is 1. The van der Waals surface area contributed by atoms with E-state index in [9.17, 15) is 8.42 Å². The van der Waals surface area contributed by atoms with Gasteiger partial charge in [0, 0.05) is 32.7 Å². The van der Waals surface area contributed by atoms with Gasteiger partial charge in [0.05, 0.1) is 5.75 Å². The summed E-state index contributed by atoms with van der Waals surface area (Å²) >= 11 is 0. The van der Waals surface area contributed by atoms with E-state index in [-0.39, 0.29) is 29.7 Å². The van der Waals surface area contributed by atoms with Crippen LogP contribution in [-0.4, -0.2) is 81.7 Å². The molecular formula is C16H36IN5O2S. The molecule has 1 rings (SSSR count). The van der Waals surface area contributed by atoms with Crippen molar-refractivity contribution >= 4 is 40.0 Å². The van der Waals surface area contributed by atoms with Gasteiger partial charge in [-0.15, -0.1) is 24.0 Å². The van der Waals surface area contributed by atoms with E-state index >= 15 is 0 Å². The van der Waals surface area contributed by atoms with Crippen LogP contribution in [0, 0.1) is 0 Å². The Labute approximate surface area is 171 Å². The molecule has 0 radical (unpaired) electrons. The minimum atomic E-state index is -3.01. The van der Waals surface area contributed by atoms with Crippen molar-refractivity contribution in [2.24, 2.45) is 4.99 Å². The average molecular weight is 489 g/mol. The van der Waals surface area contributed by atoms with Crippen molar-refractivity contribution in [2.75, 3.05) is 52.1 Å². The zero-order valence-electron chi connectivity index (χ0n) is 16.1. The molecule has 0 bridgehead atoms.